The minimum absolute atomic E-state index is 0.191. The van der Waals surface area contributed by atoms with Gasteiger partial charge in [0.05, 0.1) is 5.75 Å². The van der Waals surface area contributed by atoms with Gasteiger partial charge in [-0.1, -0.05) is 12.8 Å². The van der Waals surface area contributed by atoms with E-state index in [4.69, 9.17) is 11.6 Å². The summed E-state index contributed by atoms with van der Waals surface area (Å²) < 4.78 is 25.8. The molecule has 5 heteroatoms. The maximum atomic E-state index is 11.5. The molecular weight excluding hydrogens is 222 g/mol. The minimum atomic E-state index is -3.05. The first-order chi connectivity index (χ1) is 6.64. The number of halogens is 1. The van der Waals surface area contributed by atoms with Crippen LogP contribution in [-0.2, 0) is 10.0 Å². The highest BCUT2D eigenvalue weighted by Crippen LogP contribution is 2.18. The Hall–Kier alpha value is 0.200. The number of unbranched alkanes of at least 4 members (excludes halogenated alkanes) is 1. The van der Waals surface area contributed by atoms with Crippen molar-refractivity contribution in [3.8, 4) is 0 Å². The van der Waals surface area contributed by atoms with Crippen molar-refractivity contribution in [3.63, 3.8) is 0 Å². The van der Waals surface area contributed by atoms with Crippen molar-refractivity contribution in [2.24, 2.45) is 0 Å². The summed E-state index contributed by atoms with van der Waals surface area (Å²) in [5.41, 5.74) is 0. The van der Waals surface area contributed by atoms with E-state index in [1.165, 1.54) is 0 Å². The Morgan fingerprint density at radius 3 is 2.43 bits per heavy atom. The standard InChI is InChI=1S/C9H18ClNO2S/c10-7-3-4-8-14(12,13)11-9-5-1-2-6-9/h9,11H,1-8H2. The zero-order valence-electron chi connectivity index (χ0n) is 8.34. The molecule has 0 aromatic heterocycles. The van der Waals surface area contributed by atoms with Gasteiger partial charge in [-0.25, -0.2) is 13.1 Å². The van der Waals surface area contributed by atoms with Crippen LogP contribution in [0.5, 0.6) is 0 Å². The van der Waals surface area contributed by atoms with Gasteiger partial charge >= 0.3 is 0 Å². The van der Waals surface area contributed by atoms with Crippen molar-refractivity contribution in [3.05, 3.63) is 0 Å². The van der Waals surface area contributed by atoms with E-state index in [9.17, 15) is 8.42 Å². The molecule has 0 radical (unpaired) electrons. The quantitative estimate of drug-likeness (QED) is 0.568. The monoisotopic (exact) mass is 239 g/mol. The average Bonchev–Trinajstić information content (AvgIpc) is 2.56. The van der Waals surface area contributed by atoms with Gasteiger partial charge in [-0.15, -0.1) is 11.6 Å². The minimum Gasteiger partial charge on any atom is -0.212 e. The fourth-order valence-corrected chi connectivity index (χ4v) is 3.38. The molecule has 0 bridgehead atoms. The summed E-state index contributed by atoms with van der Waals surface area (Å²) in [6.45, 7) is 0. The second-order valence-electron chi connectivity index (χ2n) is 3.81. The summed E-state index contributed by atoms with van der Waals surface area (Å²) in [6, 6.07) is 0.191. The number of rotatable bonds is 6. The van der Waals surface area contributed by atoms with E-state index in [-0.39, 0.29) is 11.8 Å². The second-order valence-corrected chi connectivity index (χ2v) is 6.07. The van der Waals surface area contributed by atoms with Gasteiger partial charge in [0.25, 0.3) is 0 Å². The third-order valence-electron chi connectivity index (χ3n) is 2.50. The van der Waals surface area contributed by atoms with Gasteiger partial charge in [-0.05, 0) is 25.7 Å². The second kappa shape index (κ2) is 5.93. The van der Waals surface area contributed by atoms with Crippen LogP contribution in [0.15, 0.2) is 0 Å². The van der Waals surface area contributed by atoms with Gasteiger partial charge in [0.1, 0.15) is 0 Å². The molecule has 1 aliphatic carbocycles. The van der Waals surface area contributed by atoms with Crippen molar-refractivity contribution >= 4 is 21.6 Å². The number of nitrogens with one attached hydrogen (secondary N) is 1. The van der Waals surface area contributed by atoms with E-state index in [2.05, 4.69) is 4.72 Å². The van der Waals surface area contributed by atoms with Crippen LogP contribution in [0.4, 0.5) is 0 Å². The lowest BCUT2D eigenvalue weighted by Gasteiger charge is -2.11. The van der Waals surface area contributed by atoms with Gasteiger partial charge in [-0.3, -0.25) is 0 Å². The molecule has 1 saturated carbocycles. The predicted molar refractivity (Wildman–Crippen MR) is 59.1 cm³/mol. The number of hydrogen-bond acceptors (Lipinski definition) is 2. The topological polar surface area (TPSA) is 46.2 Å². The van der Waals surface area contributed by atoms with Crippen LogP contribution in [0.2, 0.25) is 0 Å². The van der Waals surface area contributed by atoms with Crippen LogP contribution in [0.1, 0.15) is 38.5 Å². The van der Waals surface area contributed by atoms with Crippen molar-refractivity contribution in [1.82, 2.24) is 4.72 Å². The number of sulfonamides is 1. The highest BCUT2D eigenvalue weighted by Gasteiger charge is 2.20. The van der Waals surface area contributed by atoms with Gasteiger partial charge in [0.2, 0.25) is 10.0 Å². The van der Waals surface area contributed by atoms with Gasteiger partial charge in [-0.2, -0.15) is 0 Å². The fraction of sp³-hybridized carbons (Fsp3) is 1.00. The van der Waals surface area contributed by atoms with Crippen LogP contribution in [-0.4, -0.2) is 26.1 Å². The van der Waals surface area contributed by atoms with E-state index in [0.29, 0.717) is 12.3 Å². The molecule has 0 amide bonds. The van der Waals surface area contributed by atoms with Gasteiger partial charge in [0.15, 0.2) is 0 Å². The Morgan fingerprint density at radius 1 is 1.21 bits per heavy atom. The van der Waals surface area contributed by atoms with Crippen LogP contribution < -0.4 is 4.72 Å². The molecule has 0 aromatic carbocycles. The van der Waals surface area contributed by atoms with Gasteiger partial charge in [0, 0.05) is 11.9 Å². The number of hydrogen-bond donors (Lipinski definition) is 1. The van der Waals surface area contributed by atoms with Crippen LogP contribution in [0.3, 0.4) is 0 Å². The Morgan fingerprint density at radius 2 is 1.86 bits per heavy atom. The highest BCUT2D eigenvalue weighted by molar-refractivity contribution is 7.89. The lowest BCUT2D eigenvalue weighted by molar-refractivity contribution is 0.549. The molecule has 0 saturated heterocycles. The first-order valence-corrected chi connectivity index (χ1v) is 7.39. The lowest BCUT2D eigenvalue weighted by Crippen LogP contribution is -2.34. The molecule has 0 unspecified atom stereocenters. The molecule has 1 rings (SSSR count). The van der Waals surface area contributed by atoms with E-state index in [1.807, 2.05) is 0 Å². The molecule has 0 atom stereocenters. The maximum Gasteiger partial charge on any atom is 0.211 e. The van der Waals surface area contributed by atoms with Gasteiger partial charge < -0.3 is 0 Å². The fourth-order valence-electron chi connectivity index (χ4n) is 1.74. The molecule has 14 heavy (non-hydrogen) atoms. The predicted octanol–water partition coefficient (Wildman–Crippen LogP) is 1.87. The van der Waals surface area contributed by atoms with Crippen molar-refractivity contribution in [2.75, 3.05) is 11.6 Å². The summed E-state index contributed by atoms with van der Waals surface area (Å²) in [4.78, 5) is 0. The van der Waals surface area contributed by atoms with Crippen molar-refractivity contribution in [1.29, 1.82) is 0 Å². The van der Waals surface area contributed by atoms with Crippen LogP contribution in [0.25, 0.3) is 0 Å². The third-order valence-corrected chi connectivity index (χ3v) is 4.28. The highest BCUT2D eigenvalue weighted by atomic mass is 35.5. The zero-order chi connectivity index (χ0) is 10.4. The molecule has 84 valence electrons. The molecule has 1 aliphatic rings. The number of alkyl halides is 1. The van der Waals surface area contributed by atoms with E-state index < -0.39 is 10.0 Å². The lowest BCUT2D eigenvalue weighted by atomic mass is 10.3. The smallest absolute Gasteiger partial charge is 0.211 e. The molecular formula is C9H18ClNO2S. The Labute approximate surface area is 91.3 Å². The van der Waals surface area contributed by atoms with Crippen molar-refractivity contribution in [2.45, 2.75) is 44.6 Å². The largest absolute Gasteiger partial charge is 0.212 e. The first-order valence-electron chi connectivity index (χ1n) is 5.20. The molecule has 1 N–H and O–H groups in total. The summed E-state index contributed by atoms with van der Waals surface area (Å²) >= 11 is 5.49. The van der Waals surface area contributed by atoms with Crippen molar-refractivity contribution < 1.29 is 8.42 Å². The Bertz CT molecular complexity index is 248. The van der Waals surface area contributed by atoms with Crippen LogP contribution in [0, 0.1) is 0 Å². The Kier molecular flexibility index (Phi) is 5.20. The molecule has 0 aliphatic heterocycles. The van der Waals surface area contributed by atoms with E-state index in [0.717, 1.165) is 32.1 Å². The summed E-state index contributed by atoms with van der Waals surface area (Å²) in [5, 5.41) is 0. The third kappa shape index (κ3) is 4.62. The average molecular weight is 240 g/mol. The summed E-state index contributed by atoms with van der Waals surface area (Å²) in [6.07, 6.45) is 5.71. The molecule has 1 fully saturated rings. The summed E-state index contributed by atoms with van der Waals surface area (Å²) in [7, 11) is -3.05. The van der Waals surface area contributed by atoms with E-state index >= 15 is 0 Å². The summed E-state index contributed by atoms with van der Waals surface area (Å²) in [5.74, 6) is 0.759. The maximum absolute atomic E-state index is 11.5. The zero-order valence-corrected chi connectivity index (χ0v) is 9.91. The SMILES string of the molecule is O=S(=O)(CCCCCl)NC1CCCC1. The van der Waals surface area contributed by atoms with E-state index in [1.54, 1.807) is 0 Å². The Balaban J connectivity index is 2.26. The van der Waals surface area contributed by atoms with Crippen LogP contribution >= 0.6 is 11.6 Å². The normalized spacial score (nSPS) is 18.9. The molecule has 0 aromatic rings. The first kappa shape index (κ1) is 12.3. The molecule has 0 spiro atoms. The molecule has 0 heterocycles. The molecule has 3 nitrogen and oxygen atoms in total.